The van der Waals surface area contributed by atoms with E-state index in [9.17, 15) is 9.59 Å². The van der Waals surface area contributed by atoms with Gasteiger partial charge in [-0.1, -0.05) is 26.0 Å². The van der Waals surface area contributed by atoms with E-state index in [0.29, 0.717) is 23.7 Å². The number of amides is 2. The average molecular weight is 245 g/mol. The Morgan fingerprint density at radius 2 is 1.67 bits per heavy atom. The molecule has 4 rings (SSSR count). The molecule has 3 heteroatoms. The largest absolute Gasteiger partial charge is 0.285 e. The van der Waals surface area contributed by atoms with Gasteiger partial charge in [-0.05, 0) is 35.5 Å². The summed E-state index contributed by atoms with van der Waals surface area (Å²) in [6.07, 6.45) is 5.68. The fraction of sp³-hybridized carbons (Fsp3) is 0.733. The van der Waals surface area contributed by atoms with Crippen LogP contribution in [-0.4, -0.2) is 23.8 Å². The monoisotopic (exact) mass is 245 g/mol. The molecule has 0 N–H and O–H groups in total. The molecule has 2 amide bonds. The van der Waals surface area contributed by atoms with E-state index in [2.05, 4.69) is 26.0 Å². The van der Waals surface area contributed by atoms with Gasteiger partial charge in [0, 0.05) is 7.05 Å². The molecular weight excluding hydrogens is 226 g/mol. The van der Waals surface area contributed by atoms with Crippen molar-refractivity contribution in [3.63, 3.8) is 0 Å². The lowest BCUT2D eigenvalue weighted by Crippen LogP contribution is -2.32. The number of fused-ring (bicyclic) bond motifs is 3. The highest BCUT2D eigenvalue weighted by molar-refractivity contribution is 6.06. The summed E-state index contributed by atoms with van der Waals surface area (Å²) >= 11 is 0. The summed E-state index contributed by atoms with van der Waals surface area (Å²) in [7, 11) is 1.64. The third-order valence-electron chi connectivity index (χ3n) is 6.07. The van der Waals surface area contributed by atoms with Crippen molar-refractivity contribution in [3.05, 3.63) is 12.2 Å². The Morgan fingerprint density at radius 3 is 2.06 bits per heavy atom. The molecule has 1 saturated heterocycles. The van der Waals surface area contributed by atoms with Gasteiger partial charge in [-0.3, -0.25) is 14.5 Å². The number of nitrogens with zero attached hydrogens (tertiary/aromatic N) is 1. The van der Waals surface area contributed by atoms with Crippen LogP contribution in [0.2, 0.25) is 0 Å². The van der Waals surface area contributed by atoms with Gasteiger partial charge in [0.25, 0.3) is 0 Å². The first kappa shape index (κ1) is 10.8. The molecular formula is C15H19NO2. The van der Waals surface area contributed by atoms with Gasteiger partial charge in [0.1, 0.15) is 0 Å². The molecule has 1 aliphatic heterocycles. The van der Waals surface area contributed by atoms with Crippen LogP contribution in [-0.2, 0) is 9.59 Å². The van der Waals surface area contributed by atoms with Crippen molar-refractivity contribution in [1.82, 2.24) is 4.90 Å². The summed E-state index contributed by atoms with van der Waals surface area (Å²) in [6.45, 7) is 4.53. The summed E-state index contributed by atoms with van der Waals surface area (Å²) in [5.74, 6) is 2.09. The van der Waals surface area contributed by atoms with E-state index >= 15 is 0 Å². The lowest BCUT2D eigenvalue weighted by molar-refractivity contribution is -0.139. The zero-order chi connectivity index (χ0) is 12.8. The quantitative estimate of drug-likeness (QED) is 0.521. The first-order chi connectivity index (χ1) is 8.50. The maximum atomic E-state index is 12.3. The zero-order valence-corrected chi connectivity index (χ0v) is 11.1. The van der Waals surface area contributed by atoms with Gasteiger partial charge in [0.2, 0.25) is 11.8 Å². The summed E-state index contributed by atoms with van der Waals surface area (Å²) < 4.78 is 0. The molecule has 0 aromatic carbocycles. The number of rotatable bonds is 1. The molecule has 5 atom stereocenters. The van der Waals surface area contributed by atoms with Crippen LogP contribution in [0.3, 0.4) is 0 Å². The molecule has 1 heterocycles. The maximum absolute atomic E-state index is 12.3. The van der Waals surface area contributed by atoms with E-state index in [1.165, 1.54) is 11.3 Å². The molecule has 4 aliphatic rings. The van der Waals surface area contributed by atoms with Gasteiger partial charge in [-0.2, -0.15) is 0 Å². The Bertz CT molecular complexity index is 461. The lowest BCUT2D eigenvalue weighted by Gasteiger charge is -2.22. The van der Waals surface area contributed by atoms with Crippen molar-refractivity contribution in [3.8, 4) is 0 Å². The van der Waals surface area contributed by atoms with Crippen LogP contribution in [0.1, 0.15) is 20.3 Å². The number of allylic oxidation sites excluding steroid dienone is 2. The molecule has 0 aromatic rings. The van der Waals surface area contributed by atoms with Gasteiger partial charge in [-0.15, -0.1) is 0 Å². The minimum atomic E-state index is -0.0405. The molecule has 0 aromatic heterocycles. The Morgan fingerprint density at radius 1 is 1.17 bits per heavy atom. The Kier molecular flexibility index (Phi) is 1.73. The van der Waals surface area contributed by atoms with Crippen molar-refractivity contribution >= 4 is 11.8 Å². The molecule has 2 bridgehead atoms. The standard InChI is InChI=1S/C15H19NO2/c1-7(2)10-6-15(10)8-4-5-9(15)12-11(8)13(17)16(3)14(12)18/h4-5,7-12H,6H2,1-3H3. The predicted octanol–water partition coefficient (Wildman–Crippen LogP) is 1.70. The number of likely N-dealkylation sites (tertiary alicyclic amines) is 1. The SMILES string of the molecule is CC(C)C1CC12C1C=CC2C2C(=O)N(C)C(=O)C21. The summed E-state index contributed by atoms with van der Waals surface area (Å²) in [4.78, 5) is 25.9. The second-order valence-electron chi connectivity index (χ2n) is 6.89. The Labute approximate surface area is 107 Å². The van der Waals surface area contributed by atoms with Crippen LogP contribution in [0.25, 0.3) is 0 Å². The molecule has 5 unspecified atom stereocenters. The van der Waals surface area contributed by atoms with E-state index < -0.39 is 0 Å². The van der Waals surface area contributed by atoms with E-state index in [1.54, 1.807) is 7.05 Å². The first-order valence-electron chi connectivity index (χ1n) is 7.00. The summed E-state index contributed by atoms with van der Waals surface area (Å²) in [5.41, 5.74) is 0.274. The van der Waals surface area contributed by atoms with Gasteiger partial charge >= 0.3 is 0 Å². The molecule has 3 nitrogen and oxygen atoms in total. The fourth-order valence-corrected chi connectivity index (χ4v) is 5.29. The smallest absolute Gasteiger partial charge is 0.233 e. The van der Waals surface area contributed by atoms with Crippen LogP contribution < -0.4 is 0 Å². The molecule has 3 fully saturated rings. The van der Waals surface area contributed by atoms with Gasteiger partial charge in [-0.25, -0.2) is 0 Å². The van der Waals surface area contributed by atoms with Crippen LogP contribution in [0.4, 0.5) is 0 Å². The normalized spacial score (nSPS) is 52.0. The van der Waals surface area contributed by atoms with Crippen LogP contribution in [0, 0.1) is 40.9 Å². The molecule has 1 spiro atoms. The van der Waals surface area contributed by atoms with E-state index in [1.807, 2.05) is 0 Å². The highest BCUT2D eigenvalue weighted by Gasteiger charge is 2.77. The maximum Gasteiger partial charge on any atom is 0.233 e. The Hall–Kier alpha value is -1.12. The predicted molar refractivity (Wildman–Crippen MR) is 66.3 cm³/mol. The molecule has 0 radical (unpaired) electrons. The van der Waals surface area contributed by atoms with Gasteiger partial charge in [0.15, 0.2) is 0 Å². The number of imide groups is 1. The highest BCUT2D eigenvalue weighted by atomic mass is 16.2. The average Bonchev–Trinajstić information content (AvgIpc) is 2.86. The van der Waals surface area contributed by atoms with Crippen molar-refractivity contribution in [2.24, 2.45) is 40.9 Å². The Balaban J connectivity index is 1.77. The third kappa shape index (κ3) is 0.886. The van der Waals surface area contributed by atoms with Crippen molar-refractivity contribution < 1.29 is 9.59 Å². The first-order valence-corrected chi connectivity index (χ1v) is 7.00. The van der Waals surface area contributed by atoms with Crippen molar-refractivity contribution in [2.75, 3.05) is 7.05 Å². The van der Waals surface area contributed by atoms with E-state index in [4.69, 9.17) is 0 Å². The number of hydrogen-bond donors (Lipinski definition) is 0. The lowest BCUT2D eigenvalue weighted by atomic mass is 9.84. The molecule has 18 heavy (non-hydrogen) atoms. The highest BCUT2D eigenvalue weighted by Crippen LogP contribution is 2.77. The third-order valence-corrected chi connectivity index (χ3v) is 6.07. The van der Waals surface area contributed by atoms with Gasteiger partial charge in [0.05, 0.1) is 11.8 Å². The van der Waals surface area contributed by atoms with Crippen LogP contribution in [0.5, 0.6) is 0 Å². The second kappa shape index (κ2) is 2.89. The number of carbonyl (C=O) groups is 2. The number of carbonyl (C=O) groups excluding carboxylic acids is 2. The molecule has 3 aliphatic carbocycles. The molecule has 2 saturated carbocycles. The summed E-state index contributed by atoms with van der Waals surface area (Å²) in [5, 5.41) is 0. The topological polar surface area (TPSA) is 37.4 Å². The van der Waals surface area contributed by atoms with Crippen LogP contribution >= 0.6 is 0 Å². The zero-order valence-electron chi connectivity index (χ0n) is 11.1. The minimum Gasteiger partial charge on any atom is -0.285 e. The molecule has 96 valence electrons. The summed E-state index contributed by atoms with van der Waals surface area (Å²) in [6, 6.07) is 0. The van der Waals surface area contributed by atoms with E-state index in [0.717, 1.165) is 0 Å². The second-order valence-corrected chi connectivity index (χ2v) is 6.89. The van der Waals surface area contributed by atoms with Crippen molar-refractivity contribution in [2.45, 2.75) is 20.3 Å². The number of hydrogen-bond acceptors (Lipinski definition) is 2. The van der Waals surface area contributed by atoms with Crippen LogP contribution in [0.15, 0.2) is 12.2 Å². The van der Waals surface area contributed by atoms with Crippen molar-refractivity contribution in [1.29, 1.82) is 0 Å². The minimum absolute atomic E-state index is 0.0405. The fourth-order valence-electron chi connectivity index (χ4n) is 5.29. The van der Waals surface area contributed by atoms with Gasteiger partial charge < -0.3 is 0 Å². The van der Waals surface area contributed by atoms with E-state index in [-0.39, 0.29) is 29.1 Å².